The molecule has 0 aliphatic heterocycles. The number of benzene rings is 1. The topological polar surface area (TPSA) is 0 Å². The minimum absolute atomic E-state index is 0.582. The van der Waals surface area contributed by atoms with Gasteiger partial charge in [0.25, 0.3) is 0 Å². The first-order valence-electron chi connectivity index (χ1n) is 7.73. The highest BCUT2D eigenvalue weighted by atomic mass is 14.1. The van der Waals surface area contributed by atoms with Crippen molar-refractivity contribution in [2.24, 2.45) is 0 Å². The maximum absolute atomic E-state index is 5.22. The van der Waals surface area contributed by atoms with Crippen molar-refractivity contribution in [1.82, 2.24) is 0 Å². The molecule has 0 nitrogen and oxygen atoms in total. The van der Waals surface area contributed by atoms with Crippen LogP contribution in [0.15, 0.2) is 12.1 Å². The van der Waals surface area contributed by atoms with Gasteiger partial charge in [0.05, 0.1) is 5.56 Å². The van der Waals surface area contributed by atoms with E-state index in [1.54, 1.807) is 26.0 Å². The molecule has 0 bridgehead atoms. The summed E-state index contributed by atoms with van der Waals surface area (Å²) >= 11 is 0. The zero-order valence-corrected chi connectivity index (χ0v) is 15.3. The van der Waals surface area contributed by atoms with Crippen LogP contribution >= 0.6 is 0 Å². The Morgan fingerprint density at radius 2 is 1.04 bits per heavy atom. The van der Waals surface area contributed by atoms with Gasteiger partial charge in [-0.05, 0) is 97.0 Å². The second kappa shape index (κ2) is 13.1. The summed E-state index contributed by atoms with van der Waals surface area (Å²) in [6, 6.07) is 3.53. The lowest BCUT2D eigenvalue weighted by Crippen LogP contribution is -1.93. The number of hydrogen-bond acceptors (Lipinski definition) is 0. The lowest BCUT2D eigenvalue weighted by atomic mass is 9.98. The molecule has 0 atom stereocenters. The van der Waals surface area contributed by atoms with Crippen molar-refractivity contribution >= 4 is 0 Å². The van der Waals surface area contributed by atoms with E-state index in [-0.39, 0.29) is 0 Å². The molecule has 0 fully saturated rings. The SMILES string of the molecule is C#CC#CC#Cc1c(C#CC#CC)cc(C#CC#C)cc1C#CC#CC#CC. The molecule has 0 heteroatoms. The summed E-state index contributed by atoms with van der Waals surface area (Å²) in [5.41, 5.74) is 2.43. The van der Waals surface area contributed by atoms with Crippen molar-refractivity contribution in [3.63, 3.8) is 0 Å². The Bertz CT molecular complexity index is 1370. The van der Waals surface area contributed by atoms with Crippen molar-refractivity contribution in [3.8, 4) is 119 Å². The quantitative estimate of drug-likeness (QED) is 0.633. The first-order chi connectivity index (χ1) is 13.8. The molecule has 122 valence electrons. The number of rotatable bonds is 0. The molecule has 1 aromatic carbocycles. The minimum atomic E-state index is 0.582. The van der Waals surface area contributed by atoms with E-state index in [1.165, 1.54) is 0 Å². The summed E-state index contributed by atoms with van der Waals surface area (Å²) in [5, 5.41) is 0. The fourth-order valence-electron chi connectivity index (χ4n) is 1.70. The lowest BCUT2D eigenvalue weighted by molar-refractivity contribution is 1.51. The first kappa shape index (κ1) is 20.9. The Hall–Kier alpha value is -5.18. The van der Waals surface area contributed by atoms with E-state index < -0.39 is 0 Å². The fourth-order valence-corrected chi connectivity index (χ4v) is 1.70. The maximum Gasteiger partial charge on any atom is 0.0570 e. The third-order valence-electron chi connectivity index (χ3n) is 2.70. The second-order valence-corrected chi connectivity index (χ2v) is 4.49. The van der Waals surface area contributed by atoms with Gasteiger partial charge in [0, 0.05) is 16.7 Å². The summed E-state index contributed by atoms with van der Waals surface area (Å²) < 4.78 is 0. The Kier molecular flexibility index (Phi) is 9.80. The van der Waals surface area contributed by atoms with Crippen LogP contribution < -0.4 is 0 Å². The van der Waals surface area contributed by atoms with Crippen LogP contribution in [0.1, 0.15) is 36.1 Å². The molecule has 28 heavy (non-hydrogen) atoms. The normalized spacial score (nSPS) is 6.00. The third-order valence-corrected chi connectivity index (χ3v) is 2.70. The molecule has 0 N–H and O–H groups in total. The van der Waals surface area contributed by atoms with Gasteiger partial charge in [0.2, 0.25) is 0 Å². The van der Waals surface area contributed by atoms with Gasteiger partial charge in [0.1, 0.15) is 0 Å². The van der Waals surface area contributed by atoms with E-state index in [4.69, 9.17) is 12.8 Å². The van der Waals surface area contributed by atoms with Crippen LogP contribution in [0.2, 0.25) is 0 Å². The van der Waals surface area contributed by atoms with Gasteiger partial charge in [0.15, 0.2) is 0 Å². The average molecular weight is 346 g/mol. The van der Waals surface area contributed by atoms with Crippen LogP contribution in [0.5, 0.6) is 0 Å². The van der Waals surface area contributed by atoms with Gasteiger partial charge in [-0.25, -0.2) is 0 Å². The van der Waals surface area contributed by atoms with Crippen LogP contribution in [0.25, 0.3) is 0 Å². The molecular formula is C28H10. The van der Waals surface area contributed by atoms with Crippen LogP contribution in [0.4, 0.5) is 0 Å². The monoisotopic (exact) mass is 346 g/mol. The second-order valence-electron chi connectivity index (χ2n) is 4.49. The molecule has 0 unspecified atom stereocenters. The minimum Gasteiger partial charge on any atom is -0.106 e. The Morgan fingerprint density at radius 3 is 1.64 bits per heavy atom. The molecule has 0 aliphatic carbocycles. The van der Waals surface area contributed by atoms with Crippen molar-refractivity contribution in [3.05, 3.63) is 34.4 Å². The highest BCUT2D eigenvalue weighted by molar-refractivity contribution is 5.65. The maximum atomic E-state index is 5.22. The van der Waals surface area contributed by atoms with Crippen LogP contribution in [0, 0.1) is 119 Å². The molecule has 0 saturated heterocycles. The molecule has 1 rings (SSSR count). The van der Waals surface area contributed by atoms with E-state index in [2.05, 4.69) is 107 Å². The Labute approximate surface area is 167 Å². The molecule has 0 aliphatic rings. The smallest absolute Gasteiger partial charge is 0.0570 e. The highest BCUT2D eigenvalue weighted by Gasteiger charge is 2.06. The third kappa shape index (κ3) is 7.59. The number of terminal acetylenes is 2. The zero-order chi connectivity index (χ0) is 20.5. The number of hydrogen-bond donors (Lipinski definition) is 0. The van der Waals surface area contributed by atoms with Gasteiger partial charge >= 0.3 is 0 Å². The van der Waals surface area contributed by atoms with Gasteiger partial charge in [-0.2, -0.15) is 0 Å². The first-order valence-corrected chi connectivity index (χ1v) is 7.73. The van der Waals surface area contributed by atoms with E-state index in [9.17, 15) is 0 Å². The van der Waals surface area contributed by atoms with Gasteiger partial charge in [-0.1, -0.05) is 35.5 Å². The summed E-state index contributed by atoms with van der Waals surface area (Å²) in [5.74, 6) is 48.0. The molecule has 1 aromatic rings. The van der Waals surface area contributed by atoms with Crippen molar-refractivity contribution in [1.29, 1.82) is 0 Å². The average Bonchev–Trinajstić information content (AvgIpc) is 2.70. The zero-order valence-electron chi connectivity index (χ0n) is 15.3. The lowest BCUT2D eigenvalue weighted by Gasteiger charge is -2.02. The van der Waals surface area contributed by atoms with E-state index >= 15 is 0 Å². The van der Waals surface area contributed by atoms with Crippen molar-refractivity contribution < 1.29 is 0 Å². The molecule has 0 heterocycles. The molecule has 0 spiro atoms. The van der Waals surface area contributed by atoms with Crippen molar-refractivity contribution in [2.45, 2.75) is 13.8 Å². The highest BCUT2D eigenvalue weighted by Crippen LogP contribution is 2.16. The predicted molar refractivity (Wildman–Crippen MR) is 114 cm³/mol. The molecule has 0 amide bonds. The van der Waals surface area contributed by atoms with Crippen LogP contribution in [0.3, 0.4) is 0 Å². The largest absolute Gasteiger partial charge is 0.106 e. The van der Waals surface area contributed by atoms with E-state index in [0.29, 0.717) is 22.3 Å². The Morgan fingerprint density at radius 1 is 0.536 bits per heavy atom. The van der Waals surface area contributed by atoms with Crippen molar-refractivity contribution in [2.75, 3.05) is 0 Å². The van der Waals surface area contributed by atoms with E-state index in [1.807, 2.05) is 0 Å². The van der Waals surface area contributed by atoms with Crippen LogP contribution in [-0.4, -0.2) is 0 Å². The summed E-state index contributed by atoms with van der Waals surface area (Å²) in [6.07, 6.45) is 10.3. The standard InChI is InChI=1S/C28H10/c1-5-9-13-15-17-21-27-24-25(19-12-8-4)23-26(20-16-11-7-3)28(27)22-18-14-10-6-2/h2,4,23-24H,1,3H3. The van der Waals surface area contributed by atoms with Crippen LogP contribution in [-0.2, 0) is 0 Å². The molecule has 0 aromatic heterocycles. The van der Waals surface area contributed by atoms with Gasteiger partial charge in [-0.15, -0.1) is 12.8 Å². The Balaban J connectivity index is 3.78. The van der Waals surface area contributed by atoms with Gasteiger partial charge < -0.3 is 0 Å². The molecule has 0 saturated carbocycles. The summed E-state index contributed by atoms with van der Waals surface area (Å²) in [7, 11) is 0. The molecular weight excluding hydrogens is 336 g/mol. The van der Waals surface area contributed by atoms with Gasteiger partial charge in [-0.3, -0.25) is 0 Å². The van der Waals surface area contributed by atoms with E-state index in [0.717, 1.165) is 0 Å². The predicted octanol–water partition coefficient (Wildman–Crippen LogP) is 2.41. The fraction of sp³-hybridized carbons (Fsp3) is 0.0714. The summed E-state index contributed by atoms with van der Waals surface area (Å²) in [4.78, 5) is 0. The molecule has 0 radical (unpaired) electrons. The summed E-state index contributed by atoms with van der Waals surface area (Å²) in [6.45, 7) is 3.40.